The number of nitrogens with one attached hydrogen (secondary N) is 1. The number of hydrogen-bond donors (Lipinski definition) is 1. The average molecular weight is 268 g/mol. The molecule has 2 aromatic heterocycles. The highest BCUT2D eigenvalue weighted by atomic mass is 32.1. The summed E-state index contributed by atoms with van der Waals surface area (Å²) in [6.07, 6.45) is 2.03. The van der Waals surface area contributed by atoms with E-state index in [-0.39, 0.29) is 0 Å². The van der Waals surface area contributed by atoms with Crippen molar-refractivity contribution in [2.24, 2.45) is 0 Å². The summed E-state index contributed by atoms with van der Waals surface area (Å²) in [5, 5.41) is 14.6. The molecule has 0 fully saturated rings. The Bertz CT molecular complexity index is 489. The Kier molecular flexibility index (Phi) is 4.06. The minimum atomic E-state index is 0.898. The van der Waals surface area contributed by atoms with Gasteiger partial charge in [-0.25, -0.2) is 4.98 Å². The predicted molar refractivity (Wildman–Crippen MR) is 73.9 cm³/mol. The molecule has 6 heteroatoms. The van der Waals surface area contributed by atoms with Crippen LogP contribution in [0, 0.1) is 6.92 Å². The third-order valence-electron chi connectivity index (χ3n) is 2.28. The fourth-order valence-corrected chi connectivity index (χ4v) is 3.36. The molecule has 0 saturated carbocycles. The van der Waals surface area contributed by atoms with Crippen molar-refractivity contribution in [2.45, 2.75) is 33.6 Å². The van der Waals surface area contributed by atoms with E-state index in [1.807, 2.05) is 6.92 Å². The second kappa shape index (κ2) is 5.55. The molecule has 0 bridgehead atoms. The molecular formula is C11H16N4S2. The van der Waals surface area contributed by atoms with E-state index in [4.69, 9.17) is 0 Å². The van der Waals surface area contributed by atoms with Gasteiger partial charge in [0.15, 0.2) is 5.01 Å². The molecule has 2 heterocycles. The molecule has 0 saturated heterocycles. The first-order chi connectivity index (χ1) is 8.24. The molecule has 2 rings (SSSR count). The van der Waals surface area contributed by atoms with Gasteiger partial charge in [-0.1, -0.05) is 25.2 Å². The van der Waals surface area contributed by atoms with E-state index in [2.05, 4.69) is 34.3 Å². The number of anilines is 1. The van der Waals surface area contributed by atoms with Crippen molar-refractivity contribution in [1.29, 1.82) is 0 Å². The number of hydrogen-bond acceptors (Lipinski definition) is 6. The second-order valence-electron chi connectivity index (χ2n) is 3.70. The highest BCUT2D eigenvalue weighted by molar-refractivity contribution is 7.23. The second-order valence-corrected chi connectivity index (χ2v) is 5.88. The minimum absolute atomic E-state index is 0.898. The van der Waals surface area contributed by atoms with Crippen molar-refractivity contribution in [3.05, 3.63) is 10.7 Å². The Labute approximate surface area is 109 Å². The van der Waals surface area contributed by atoms with Crippen LogP contribution in [0.3, 0.4) is 0 Å². The molecule has 0 atom stereocenters. The molecule has 0 unspecified atom stereocenters. The molecule has 92 valence electrons. The summed E-state index contributed by atoms with van der Waals surface area (Å²) in [4.78, 5) is 5.69. The fraction of sp³-hybridized carbons (Fsp3) is 0.545. The van der Waals surface area contributed by atoms with Crippen molar-refractivity contribution in [3.8, 4) is 9.88 Å². The first-order valence-corrected chi connectivity index (χ1v) is 7.42. The maximum atomic E-state index is 4.51. The number of thiazole rings is 1. The van der Waals surface area contributed by atoms with Crippen molar-refractivity contribution < 1.29 is 0 Å². The number of rotatable bonds is 5. The van der Waals surface area contributed by atoms with Gasteiger partial charge >= 0.3 is 0 Å². The zero-order chi connectivity index (χ0) is 12.3. The summed E-state index contributed by atoms with van der Waals surface area (Å²) in [6, 6.07) is 0. The van der Waals surface area contributed by atoms with Crippen LogP contribution >= 0.6 is 22.7 Å². The lowest BCUT2D eigenvalue weighted by molar-refractivity contribution is 0.963. The molecule has 0 amide bonds. The van der Waals surface area contributed by atoms with Gasteiger partial charge in [-0.3, -0.25) is 0 Å². The van der Waals surface area contributed by atoms with E-state index >= 15 is 0 Å². The molecule has 0 radical (unpaired) electrons. The van der Waals surface area contributed by atoms with Crippen molar-refractivity contribution in [1.82, 2.24) is 15.2 Å². The molecular weight excluding hydrogens is 252 g/mol. The van der Waals surface area contributed by atoms with Gasteiger partial charge in [0.2, 0.25) is 5.13 Å². The van der Waals surface area contributed by atoms with Gasteiger partial charge in [0.05, 0.1) is 15.6 Å². The van der Waals surface area contributed by atoms with E-state index in [0.29, 0.717) is 0 Å². The molecule has 17 heavy (non-hydrogen) atoms. The Morgan fingerprint density at radius 3 is 2.71 bits per heavy atom. The summed E-state index contributed by atoms with van der Waals surface area (Å²) in [7, 11) is 0. The van der Waals surface area contributed by atoms with Crippen LogP contribution in [0.5, 0.6) is 0 Å². The van der Waals surface area contributed by atoms with Gasteiger partial charge in [-0.15, -0.1) is 21.5 Å². The van der Waals surface area contributed by atoms with Crippen LogP contribution in [0.4, 0.5) is 5.13 Å². The quantitative estimate of drug-likeness (QED) is 0.903. The van der Waals surface area contributed by atoms with Crippen LogP contribution in [-0.4, -0.2) is 21.7 Å². The van der Waals surface area contributed by atoms with Crippen LogP contribution in [0.25, 0.3) is 9.88 Å². The van der Waals surface area contributed by atoms with E-state index in [1.54, 1.807) is 22.7 Å². The van der Waals surface area contributed by atoms with Crippen LogP contribution in [-0.2, 0) is 6.42 Å². The molecule has 0 aliphatic carbocycles. The topological polar surface area (TPSA) is 50.7 Å². The van der Waals surface area contributed by atoms with E-state index < -0.39 is 0 Å². The molecule has 0 aliphatic heterocycles. The first kappa shape index (κ1) is 12.4. The normalized spacial score (nSPS) is 10.8. The standard InChI is InChI=1S/C11H16N4S2/c1-4-6-12-11-15-14-10(17-11)9-8(5-2)13-7(3)16-9/h4-6H2,1-3H3,(H,12,15). The van der Waals surface area contributed by atoms with Crippen LogP contribution < -0.4 is 5.32 Å². The fourth-order valence-electron chi connectivity index (χ4n) is 1.50. The summed E-state index contributed by atoms with van der Waals surface area (Å²) in [6.45, 7) is 7.23. The first-order valence-electron chi connectivity index (χ1n) is 5.78. The molecule has 2 aromatic rings. The summed E-state index contributed by atoms with van der Waals surface area (Å²) in [5.74, 6) is 0. The van der Waals surface area contributed by atoms with Crippen molar-refractivity contribution in [3.63, 3.8) is 0 Å². The van der Waals surface area contributed by atoms with Gasteiger partial charge in [-0.05, 0) is 19.8 Å². The molecule has 0 spiro atoms. The lowest BCUT2D eigenvalue weighted by Gasteiger charge is -1.95. The Morgan fingerprint density at radius 2 is 2.00 bits per heavy atom. The van der Waals surface area contributed by atoms with Gasteiger partial charge in [0.25, 0.3) is 0 Å². The number of aromatic nitrogens is 3. The van der Waals surface area contributed by atoms with Gasteiger partial charge in [-0.2, -0.15) is 0 Å². The Hall–Kier alpha value is -1.01. The molecule has 0 aliphatic rings. The van der Waals surface area contributed by atoms with Crippen LogP contribution in [0.2, 0.25) is 0 Å². The number of aryl methyl sites for hydroxylation is 2. The van der Waals surface area contributed by atoms with E-state index in [9.17, 15) is 0 Å². The van der Waals surface area contributed by atoms with Crippen molar-refractivity contribution in [2.75, 3.05) is 11.9 Å². The molecule has 0 aromatic carbocycles. The lowest BCUT2D eigenvalue weighted by atomic mass is 10.3. The Morgan fingerprint density at radius 1 is 1.18 bits per heavy atom. The molecule has 1 N–H and O–H groups in total. The van der Waals surface area contributed by atoms with Gasteiger partial charge < -0.3 is 5.32 Å². The summed E-state index contributed by atoms with van der Waals surface area (Å²) < 4.78 is 0. The average Bonchev–Trinajstić information content (AvgIpc) is 2.92. The molecule has 4 nitrogen and oxygen atoms in total. The number of nitrogens with zero attached hydrogens (tertiary/aromatic N) is 3. The maximum absolute atomic E-state index is 4.51. The third-order valence-corrected chi connectivity index (χ3v) is 4.33. The smallest absolute Gasteiger partial charge is 0.206 e. The van der Waals surface area contributed by atoms with Crippen LogP contribution in [0.1, 0.15) is 31.0 Å². The highest BCUT2D eigenvalue weighted by Crippen LogP contribution is 2.33. The van der Waals surface area contributed by atoms with E-state index in [0.717, 1.165) is 40.2 Å². The van der Waals surface area contributed by atoms with Gasteiger partial charge in [0, 0.05) is 6.54 Å². The lowest BCUT2D eigenvalue weighted by Crippen LogP contribution is -1.98. The predicted octanol–water partition coefficient (Wildman–Crippen LogP) is 3.35. The SMILES string of the molecule is CCCNc1nnc(-c2sc(C)nc2CC)s1. The summed E-state index contributed by atoms with van der Waals surface area (Å²) in [5.41, 5.74) is 1.13. The maximum Gasteiger partial charge on any atom is 0.206 e. The van der Waals surface area contributed by atoms with Crippen LogP contribution in [0.15, 0.2) is 0 Å². The largest absolute Gasteiger partial charge is 0.360 e. The summed E-state index contributed by atoms with van der Waals surface area (Å²) >= 11 is 3.30. The zero-order valence-corrected chi connectivity index (χ0v) is 11.9. The zero-order valence-electron chi connectivity index (χ0n) is 10.3. The third kappa shape index (κ3) is 2.81. The monoisotopic (exact) mass is 268 g/mol. The van der Waals surface area contributed by atoms with Crippen molar-refractivity contribution >= 4 is 27.8 Å². The highest BCUT2D eigenvalue weighted by Gasteiger charge is 2.14. The van der Waals surface area contributed by atoms with Gasteiger partial charge in [0.1, 0.15) is 0 Å². The Balaban J connectivity index is 2.23. The minimum Gasteiger partial charge on any atom is -0.360 e. The van der Waals surface area contributed by atoms with E-state index in [1.165, 1.54) is 4.88 Å².